The van der Waals surface area contributed by atoms with Crippen molar-refractivity contribution >= 4 is 58.3 Å². The summed E-state index contributed by atoms with van der Waals surface area (Å²) in [7, 11) is -4.21. The highest BCUT2D eigenvalue weighted by Gasteiger charge is 2.47. The predicted octanol–water partition coefficient (Wildman–Crippen LogP) is 3.90. The molecule has 3 aliphatic heterocycles. The maximum absolute atomic E-state index is 13.8. The highest BCUT2D eigenvalue weighted by molar-refractivity contribution is 7.50. The van der Waals surface area contributed by atoms with Crippen LogP contribution in [0.1, 0.15) is 58.8 Å². The molecule has 6 rings (SSSR count). The zero-order chi connectivity index (χ0) is 28.9. The van der Waals surface area contributed by atoms with Gasteiger partial charge in [-0.2, -0.15) is 0 Å². The Bertz CT molecular complexity index is 1570. The van der Waals surface area contributed by atoms with Crippen LogP contribution in [0.25, 0.3) is 10.1 Å². The van der Waals surface area contributed by atoms with Gasteiger partial charge in [-0.25, -0.2) is 0 Å². The van der Waals surface area contributed by atoms with E-state index in [4.69, 9.17) is 11.6 Å². The zero-order valence-electron chi connectivity index (χ0n) is 22.1. The van der Waals surface area contributed by atoms with Gasteiger partial charge in [-0.1, -0.05) is 17.7 Å². The molecule has 3 amide bonds. The van der Waals surface area contributed by atoms with Gasteiger partial charge in [0, 0.05) is 47.2 Å². The summed E-state index contributed by atoms with van der Waals surface area (Å²) in [6.45, 7) is 1.07. The van der Waals surface area contributed by atoms with Crippen molar-refractivity contribution in [1.82, 2.24) is 20.1 Å². The van der Waals surface area contributed by atoms with Crippen molar-refractivity contribution in [3.63, 3.8) is 0 Å². The number of pyridine rings is 1. The molecule has 5 heterocycles. The van der Waals surface area contributed by atoms with Gasteiger partial charge in [0.05, 0.1) is 11.0 Å². The van der Waals surface area contributed by atoms with Crippen LogP contribution in [-0.4, -0.2) is 73.5 Å². The lowest BCUT2D eigenvalue weighted by Gasteiger charge is -2.42. The van der Waals surface area contributed by atoms with Crippen LogP contribution >= 0.6 is 30.5 Å². The van der Waals surface area contributed by atoms with E-state index in [1.165, 1.54) is 11.3 Å². The second kappa shape index (κ2) is 11.1. The van der Waals surface area contributed by atoms with Crippen molar-refractivity contribution < 1.29 is 28.7 Å². The van der Waals surface area contributed by atoms with E-state index < -0.39 is 19.7 Å². The number of amides is 3. The predicted molar refractivity (Wildman–Crippen MR) is 155 cm³/mol. The van der Waals surface area contributed by atoms with Crippen LogP contribution in [0.4, 0.5) is 0 Å². The number of likely N-dealkylation sites (tertiary alicyclic amines) is 1. The molecule has 3 N–H and O–H groups in total. The van der Waals surface area contributed by atoms with Crippen molar-refractivity contribution in [2.24, 2.45) is 0 Å². The Morgan fingerprint density at radius 3 is 2.68 bits per heavy atom. The fourth-order valence-electron chi connectivity index (χ4n) is 6.26. The molecule has 1 aromatic carbocycles. The number of benzene rings is 1. The van der Waals surface area contributed by atoms with Gasteiger partial charge >= 0.3 is 7.60 Å². The number of rotatable bonds is 6. The van der Waals surface area contributed by atoms with E-state index in [2.05, 4.69) is 10.3 Å². The fraction of sp³-hybridized carbons (Fsp3) is 0.429. The largest absolute Gasteiger partial charge is 0.340 e. The van der Waals surface area contributed by atoms with Crippen LogP contribution < -0.4 is 5.32 Å². The minimum Gasteiger partial charge on any atom is -0.340 e. The Kier molecular flexibility index (Phi) is 7.67. The van der Waals surface area contributed by atoms with E-state index in [1.807, 2.05) is 0 Å². The molecule has 3 fully saturated rings. The van der Waals surface area contributed by atoms with Gasteiger partial charge in [0.1, 0.15) is 12.1 Å². The molecule has 0 unspecified atom stereocenters. The Hall–Kier alpha value is -2.82. The summed E-state index contributed by atoms with van der Waals surface area (Å²) < 4.78 is 12.2. The average Bonchev–Trinajstić information content (AvgIpc) is 3.47. The first kappa shape index (κ1) is 28.3. The molecule has 216 valence electrons. The molecule has 3 aromatic rings. The number of thiophene rings is 1. The van der Waals surface area contributed by atoms with Crippen LogP contribution in [-0.2, 0) is 20.3 Å². The Morgan fingerprint density at radius 1 is 1.12 bits per heavy atom. The number of carbonyl (C=O) groups excluding carboxylic acids is 3. The summed E-state index contributed by atoms with van der Waals surface area (Å²) >= 11 is 7.57. The topological polar surface area (TPSA) is 140 Å². The summed E-state index contributed by atoms with van der Waals surface area (Å²) in [6, 6.07) is 7.21. The minimum absolute atomic E-state index is 0.0139. The molecular weight excluding hydrogens is 587 g/mol. The maximum Gasteiger partial charge on any atom is 0.329 e. The fourth-order valence-corrected chi connectivity index (χ4v) is 8.14. The second-order valence-corrected chi connectivity index (χ2v) is 14.2. The second-order valence-electron chi connectivity index (χ2n) is 11.1. The third-order valence-electron chi connectivity index (χ3n) is 8.30. The third-order valence-corrected chi connectivity index (χ3v) is 10.5. The van der Waals surface area contributed by atoms with Gasteiger partial charge in [0.2, 0.25) is 11.8 Å². The number of hydrogen-bond donors (Lipinski definition) is 3. The third kappa shape index (κ3) is 5.79. The number of aromatic nitrogens is 1. The van der Waals surface area contributed by atoms with Crippen LogP contribution in [0.5, 0.6) is 0 Å². The van der Waals surface area contributed by atoms with Gasteiger partial charge in [0.25, 0.3) is 5.91 Å². The van der Waals surface area contributed by atoms with Gasteiger partial charge in [0.15, 0.2) is 0 Å². The van der Waals surface area contributed by atoms with Crippen molar-refractivity contribution in [1.29, 1.82) is 0 Å². The van der Waals surface area contributed by atoms with Crippen molar-refractivity contribution in [2.45, 2.75) is 62.3 Å². The van der Waals surface area contributed by atoms with E-state index in [0.29, 0.717) is 46.8 Å². The van der Waals surface area contributed by atoms with Gasteiger partial charge < -0.3 is 24.9 Å². The van der Waals surface area contributed by atoms with E-state index in [-0.39, 0.29) is 35.8 Å². The number of halogens is 1. The number of nitrogens with zero attached hydrogens (tertiary/aromatic N) is 3. The molecule has 0 aliphatic carbocycles. The summed E-state index contributed by atoms with van der Waals surface area (Å²) in [5.41, 5.74) is 1.41. The first-order chi connectivity index (χ1) is 19.6. The zero-order valence-corrected chi connectivity index (χ0v) is 24.6. The maximum atomic E-state index is 13.8. The lowest BCUT2D eigenvalue weighted by Crippen LogP contribution is -2.58. The first-order valence-electron chi connectivity index (χ1n) is 13.7. The number of fused-ring (bicyclic) bond motifs is 2. The monoisotopic (exact) mass is 616 g/mol. The lowest BCUT2D eigenvalue weighted by molar-refractivity contribution is -0.148. The molecule has 3 atom stereocenters. The van der Waals surface area contributed by atoms with E-state index in [1.54, 1.807) is 52.5 Å². The summed E-state index contributed by atoms with van der Waals surface area (Å²) in [6.07, 6.45) is 6.44. The molecule has 13 heteroatoms. The molecule has 0 bridgehead atoms. The molecule has 3 aliphatic rings. The number of carbonyl (C=O) groups is 3. The smallest absolute Gasteiger partial charge is 0.329 e. The number of hydrogen-bond acceptors (Lipinski definition) is 6. The molecule has 41 heavy (non-hydrogen) atoms. The molecule has 3 saturated heterocycles. The minimum atomic E-state index is -4.21. The van der Waals surface area contributed by atoms with E-state index in [9.17, 15) is 28.7 Å². The van der Waals surface area contributed by atoms with Crippen molar-refractivity contribution in [3.05, 3.63) is 63.8 Å². The van der Waals surface area contributed by atoms with Crippen LogP contribution in [0.15, 0.2) is 42.7 Å². The SMILES string of the molecule is O=C(N[C@H]1CCC[C@H]2CC[C@@H](C(=O)N3CC(c4cnccc4Cl)C3)N2C1=O)c1cc2cc(CP(=O)(O)O)ccc2s1. The van der Waals surface area contributed by atoms with Crippen molar-refractivity contribution in [3.8, 4) is 0 Å². The van der Waals surface area contributed by atoms with Crippen LogP contribution in [0.2, 0.25) is 5.02 Å². The van der Waals surface area contributed by atoms with Gasteiger partial charge in [-0.3, -0.25) is 23.9 Å². The summed E-state index contributed by atoms with van der Waals surface area (Å²) in [5.74, 6) is -0.521. The van der Waals surface area contributed by atoms with Crippen LogP contribution in [0.3, 0.4) is 0 Å². The summed E-state index contributed by atoms with van der Waals surface area (Å²) in [5, 5.41) is 4.26. The normalized spacial score (nSPS) is 23.3. The molecule has 0 radical (unpaired) electrons. The van der Waals surface area contributed by atoms with Crippen molar-refractivity contribution in [2.75, 3.05) is 13.1 Å². The molecule has 2 aromatic heterocycles. The Balaban J connectivity index is 1.13. The molecule has 0 spiro atoms. The lowest BCUT2D eigenvalue weighted by atomic mass is 9.91. The quantitative estimate of drug-likeness (QED) is 0.357. The molecular formula is C28H30ClN4O6PS. The number of nitrogens with one attached hydrogen (secondary N) is 1. The molecule has 0 saturated carbocycles. The van der Waals surface area contributed by atoms with Gasteiger partial charge in [-0.15, -0.1) is 11.3 Å². The van der Waals surface area contributed by atoms with E-state index in [0.717, 1.165) is 29.5 Å². The average molecular weight is 617 g/mol. The highest BCUT2D eigenvalue weighted by Crippen LogP contribution is 2.40. The summed E-state index contributed by atoms with van der Waals surface area (Å²) in [4.78, 5) is 67.2. The first-order valence-corrected chi connectivity index (χ1v) is 16.6. The van der Waals surface area contributed by atoms with E-state index >= 15 is 0 Å². The Labute approximate surface area is 245 Å². The standard InChI is InChI=1S/C28H30ClN4O6PS/c29-21-8-9-30-12-20(21)18-13-32(14-18)28(36)23-6-5-19-2-1-3-22(27(35)33(19)23)31-26(34)25-11-17-10-16(15-40(37,38)39)4-7-24(17)41-25/h4,7-12,18-19,22-23H,1-3,5-6,13-15H2,(H,31,34)(H2,37,38,39)/t19-,22-,23-/m0/s1. The highest BCUT2D eigenvalue weighted by atomic mass is 35.5. The Morgan fingerprint density at radius 2 is 1.93 bits per heavy atom. The van der Waals surface area contributed by atoms with Crippen LogP contribution in [0, 0.1) is 0 Å². The molecule has 10 nitrogen and oxygen atoms in total. The van der Waals surface area contributed by atoms with Gasteiger partial charge in [-0.05, 0) is 72.9 Å².